The molecule has 0 radical (unpaired) electrons. The fourth-order valence-corrected chi connectivity index (χ4v) is 1.78. The molecule has 0 saturated heterocycles. The number of hydrogen-bond donors (Lipinski definition) is 0. The largest absolute Gasteiger partial charge is 0.237 e. The second-order valence-corrected chi connectivity index (χ2v) is 3.85. The van der Waals surface area contributed by atoms with Gasteiger partial charge in [-0.25, -0.2) is 4.98 Å². The number of halogens is 1. The van der Waals surface area contributed by atoms with Gasteiger partial charge in [-0.2, -0.15) is 0 Å². The Hall–Kier alpha value is -0.150. The van der Waals surface area contributed by atoms with Crippen molar-refractivity contribution < 1.29 is 0 Å². The van der Waals surface area contributed by atoms with Crippen LogP contribution in [0, 0.1) is 0 Å². The Morgan fingerprint density at radius 2 is 2.56 bits per heavy atom. The van der Waals surface area contributed by atoms with E-state index in [1.807, 2.05) is 25.3 Å². The first kappa shape index (κ1) is 6.96. The van der Waals surface area contributed by atoms with Crippen molar-refractivity contribution in [3.63, 3.8) is 0 Å². The minimum absolute atomic E-state index is 0.940. The van der Waals surface area contributed by atoms with Gasteiger partial charge < -0.3 is 0 Å². The van der Waals surface area contributed by atoms with Gasteiger partial charge in [0.15, 0.2) is 3.92 Å². The van der Waals surface area contributed by atoms with Crippen LogP contribution < -0.4 is 0 Å². The second kappa shape index (κ2) is 3.13. The number of hydrogen-bond acceptors (Lipinski definition) is 2. The normalized spacial score (nSPS) is 10.9. The predicted octanol–water partition coefficient (Wildman–Crippen LogP) is 2.94. The second-order valence-electron chi connectivity index (χ2n) is 1.52. The van der Waals surface area contributed by atoms with Crippen molar-refractivity contribution in [1.29, 1.82) is 0 Å². The number of nitrogens with zero attached hydrogens (tertiary/aromatic N) is 1. The van der Waals surface area contributed by atoms with Gasteiger partial charge in [0.25, 0.3) is 0 Å². The maximum atomic E-state index is 4.02. The summed E-state index contributed by atoms with van der Waals surface area (Å²) in [4.78, 5) is 5.20. The van der Waals surface area contributed by atoms with E-state index in [0.717, 1.165) is 3.92 Å². The topological polar surface area (TPSA) is 12.9 Å². The van der Waals surface area contributed by atoms with Gasteiger partial charge in [-0.15, -0.1) is 11.3 Å². The molecule has 0 atom stereocenters. The summed E-state index contributed by atoms with van der Waals surface area (Å²) < 4.78 is 0.940. The quantitative estimate of drug-likeness (QED) is 0.685. The van der Waals surface area contributed by atoms with Crippen molar-refractivity contribution in [3.05, 3.63) is 21.1 Å². The maximum Gasteiger partial charge on any atom is 0.159 e. The molecule has 1 rings (SSSR count). The molecular formula is C6H6BrNS. The van der Waals surface area contributed by atoms with Gasteiger partial charge in [-0.1, -0.05) is 6.08 Å². The number of allylic oxidation sites excluding steroid dienone is 1. The van der Waals surface area contributed by atoms with E-state index in [4.69, 9.17) is 0 Å². The van der Waals surface area contributed by atoms with Crippen LogP contribution in [0.3, 0.4) is 0 Å². The van der Waals surface area contributed by atoms with E-state index in [1.165, 1.54) is 4.88 Å². The first-order valence-corrected chi connectivity index (χ1v) is 4.18. The monoisotopic (exact) mass is 203 g/mol. The fourth-order valence-electron chi connectivity index (χ4n) is 0.506. The van der Waals surface area contributed by atoms with Gasteiger partial charge in [0.1, 0.15) is 0 Å². The molecule has 0 aliphatic heterocycles. The summed E-state index contributed by atoms with van der Waals surface area (Å²) in [6.45, 7) is 1.99. The lowest BCUT2D eigenvalue weighted by atomic mass is 10.5. The third-order valence-corrected chi connectivity index (χ3v) is 2.27. The van der Waals surface area contributed by atoms with Crippen molar-refractivity contribution in [2.45, 2.75) is 6.92 Å². The molecule has 1 aromatic rings. The lowest BCUT2D eigenvalue weighted by molar-refractivity contribution is 1.38. The zero-order valence-corrected chi connectivity index (χ0v) is 7.37. The van der Waals surface area contributed by atoms with Gasteiger partial charge in [0.2, 0.25) is 0 Å². The molecule has 1 nitrogen and oxygen atoms in total. The van der Waals surface area contributed by atoms with E-state index in [0.29, 0.717) is 0 Å². The summed E-state index contributed by atoms with van der Waals surface area (Å²) in [6, 6.07) is 0. The van der Waals surface area contributed by atoms with Crippen molar-refractivity contribution in [2.24, 2.45) is 0 Å². The third kappa shape index (κ3) is 1.91. The first-order valence-electron chi connectivity index (χ1n) is 2.57. The van der Waals surface area contributed by atoms with E-state index in [-0.39, 0.29) is 0 Å². The lowest BCUT2D eigenvalue weighted by Crippen LogP contribution is -1.54. The lowest BCUT2D eigenvalue weighted by Gasteiger charge is -1.74. The minimum Gasteiger partial charge on any atom is -0.237 e. The van der Waals surface area contributed by atoms with Crippen LogP contribution in [-0.4, -0.2) is 4.98 Å². The van der Waals surface area contributed by atoms with Crippen LogP contribution >= 0.6 is 27.3 Å². The molecule has 1 aromatic heterocycles. The zero-order chi connectivity index (χ0) is 6.69. The molecular weight excluding hydrogens is 198 g/mol. The number of aromatic nitrogens is 1. The van der Waals surface area contributed by atoms with Crippen LogP contribution in [0.1, 0.15) is 11.8 Å². The summed E-state index contributed by atoms with van der Waals surface area (Å²) >= 11 is 4.91. The molecule has 9 heavy (non-hydrogen) atoms. The molecule has 0 saturated carbocycles. The van der Waals surface area contributed by atoms with E-state index < -0.39 is 0 Å². The highest BCUT2D eigenvalue weighted by Gasteiger charge is 1.91. The van der Waals surface area contributed by atoms with Crippen molar-refractivity contribution in [3.8, 4) is 0 Å². The Balaban J connectivity index is 2.85. The molecule has 0 fully saturated rings. The van der Waals surface area contributed by atoms with Gasteiger partial charge >= 0.3 is 0 Å². The molecule has 0 aromatic carbocycles. The molecule has 3 heteroatoms. The van der Waals surface area contributed by atoms with Crippen LogP contribution in [0.5, 0.6) is 0 Å². The summed E-state index contributed by atoms with van der Waals surface area (Å²) in [7, 11) is 0. The van der Waals surface area contributed by atoms with Crippen LogP contribution in [0.4, 0.5) is 0 Å². The van der Waals surface area contributed by atoms with Crippen LogP contribution in [0.15, 0.2) is 16.2 Å². The predicted molar refractivity (Wildman–Crippen MR) is 44.5 cm³/mol. The SMILES string of the molecule is C/C=C/c1cnc(Br)s1. The molecule has 0 unspecified atom stereocenters. The van der Waals surface area contributed by atoms with E-state index >= 15 is 0 Å². The summed E-state index contributed by atoms with van der Waals surface area (Å²) in [5.74, 6) is 0. The zero-order valence-electron chi connectivity index (χ0n) is 4.97. The standard InChI is InChI=1S/C6H6BrNS/c1-2-3-5-4-8-6(7)9-5/h2-4H,1H3/b3-2+. The number of rotatable bonds is 1. The molecule has 0 N–H and O–H groups in total. The average Bonchev–Trinajstić information content (AvgIpc) is 2.17. The highest BCUT2D eigenvalue weighted by molar-refractivity contribution is 9.11. The average molecular weight is 204 g/mol. The highest BCUT2D eigenvalue weighted by atomic mass is 79.9. The summed E-state index contributed by atoms with van der Waals surface area (Å²) in [5.41, 5.74) is 0. The van der Waals surface area contributed by atoms with Crippen LogP contribution in [0.25, 0.3) is 6.08 Å². The van der Waals surface area contributed by atoms with Gasteiger partial charge in [0, 0.05) is 11.1 Å². The van der Waals surface area contributed by atoms with Crippen molar-refractivity contribution in [2.75, 3.05) is 0 Å². The summed E-state index contributed by atoms with van der Waals surface area (Å²) in [6.07, 6.45) is 5.87. The molecule has 0 bridgehead atoms. The Kier molecular flexibility index (Phi) is 2.42. The van der Waals surface area contributed by atoms with Crippen molar-refractivity contribution >= 4 is 33.3 Å². The Bertz CT molecular complexity index is 217. The Morgan fingerprint density at radius 3 is 3.00 bits per heavy atom. The molecule has 0 spiro atoms. The number of thiazole rings is 1. The highest BCUT2D eigenvalue weighted by Crippen LogP contribution is 2.19. The molecule has 0 aliphatic carbocycles. The molecule has 1 heterocycles. The first-order chi connectivity index (χ1) is 4.33. The maximum absolute atomic E-state index is 4.02. The van der Waals surface area contributed by atoms with Gasteiger partial charge in [0.05, 0.1) is 0 Å². The van der Waals surface area contributed by atoms with E-state index in [1.54, 1.807) is 11.3 Å². The van der Waals surface area contributed by atoms with Gasteiger partial charge in [-0.05, 0) is 28.9 Å². The van der Waals surface area contributed by atoms with Crippen molar-refractivity contribution in [1.82, 2.24) is 4.98 Å². The fraction of sp³-hybridized carbons (Fsp3) is 0.167. The molecule has 0 amide bonds. The van der Waals surface area contributed by atoms with E-state index in [9.17, 15) is 0 Å². The third-order valence-electron chi connectivity index (χ3n) is 0.826. The Morgan fingerprint density at radius 1 is 1.78 bits per heavy atom. The smallest absolute Gasteiger partial charge is 0.159 e. The minimum atomic E-state index is 0.940. The van der Waals surface area contributed by atoms with Crippen LogP contribution in [-0.2, 0) is 0 Å². The van der Waals surface area contributed by atoms with Gasteiger partial charge in [-0.3, -0.25) is 0 Å². The molecule has 48 valence electrons. The Labute approximate surface area is 66.6 Å². The van der Waals surface area contributed by atoms with Crippen LogP contribution in [0.2, 0.25) is 0 Å². The van der Waals surface area contributed by atoms with E-state index in [2.05, 4.69) is 20.9 Å². The molecule has 0 aliphatic rings. The summed E-state index contributed by atoms with van der Waals surface area (Å²) in [5, 5.41) is 0.